The highest BCUT2D eigenvalue weighted by molar-refractivity contribution is 8.01. The topological polar surface area (TPSA) is 71.1 Å². The molecule has 162 valence electrons. The zero-order chi connectivity index (χ0) is 22.5. The number of fused-ring (bicyclic) bond motifs is 1. The molecule has 4 aromatic rings. The van der Waals surface area contributed by atoms with E-state index in [-0.39, 0.29) is 17.9 Å². The van der Waals surface area contributed by atoms with Gasteiger partial charge in [-0.3, -0.25) is 9.59 Å². The fourth-order valence-corrected chi connectivity index (χ4v) is 5.19. The Kier molecular flexibility index (Phi) is 6.87. The van der Waals surface area contributed by atoms with Crippen LogP contribution in [0.2, 0.25) is 0 Å². The highest BCUT2D eigenvalue weighted by Gasteiger charge is 2.12. The van der Waals surface area contributed by atoms with E-state index in [1.165, 1.54) is 23.1 Å². The van der Waals surface area contributed by atoms with Gasteiger partial charge in [0.05, 0.1) is 22.0 Å². The number of aryl methyl sites for hydroxylation is 1. The van der Waals surface area contributed by atoms with Crippen LogP contribution < -0.4 is 10.6 Å². The third-order valence-corrected chi connectivity index (χ3v) is 7.07. The van der Waals surface area contributed by atoms with E-state index in [0.717, 1.165) is 31.4 Å². The summed E-state index contributed by atoms with van der Waals surface area (Å²) in [4.78, 5) is 29.5. The van der Waals surface area contributed by atoms with Gasteiger partial charge in [-0.25, -0.2) is 4.98 Å². The Labute approximate surface area is 195 Å². The molecule has 32 heavy (non-hydrogen) atoms. The number of thiazole rings is 1. The first kappa shape index (κ1) is 22.0. The van der Waals surface area contributed by atoms with Crippen LogP contribution >= 0.6 is 23.1 Å². The highest BCUT2D eigenvalue weighted by Crippen LogP contribution is 2.31. The smallest absolute Gasteiger partial charge is 0.255 e. The average Bonchev–Trinajstić information content (AvgIpc) is 3.20. The van der Waals surface area contributed by atoms with E-state index in [1.807, 2.05) is 80.6 Å². The van der Waals surface area contributed by atoms with Crippen molar-refractivity contribution in [3.05, 3.63) is 89.5 Å². The summed E-state index contributed by atoms with van der Waals surface area (Å²) >= 11 is 2.93. The summed E-state index contributed by atoms with van der Waals surface area (Å²) < 4.78 is 1.79. The summed E-state index contributed by atoms with van der Waals surface area (Å²) in [7, 11) is 0. The van der Waals surface area contributed by atoms with Crippen LogP contribution in [-0.2, 0) is 4.79 Å². The largest absolute Gasteiger partial charge is 0.349 e. The van der Waals surface area contributed by atoms with Gasteiger partial charge in [-0.1, -0.05) is 59.8 Å². The Morgan fingerprint density at radius 1 is 1.03 bits per heavy atom. The number of nitrogens with one attached hydrogen (secondary N) is 2. The molecule has 0 aliphatic carbocycles. The Balaban J connectivity index is 1.36. The third-order valence-electron chi connectivity index (χ3n) is 4.91. The first-order valence-electron chi connectivity index (χ1n) is 10.2. The van der Waals surface area contributed by atoms with Crippen molar-refractivity contribution in [1.29, 1.82) is 0 Å². The van der Waals surface area contributed by atoms with E-state index in [0.29, 0.717) is 11.3 Å². The van der Waals surface area contributed by atoms with E-state index >= 15 is 0 Å². The summed E-state index contributed by atoms with van der Waals surface area (Å²) in [6.07, 6.45) is 0. The summed E-state index contributed by atoms with van der Waals surface area (Å²) in [5.74, 6) is 0.126. The Bertz CT molecular complexity index is 1250. The number of nitrogens with zero attached hydrogens (tertiary/aromatic N) is 1. The number of carbonyl (C=O) groups is 2. The molecule has 0 fully saturated rings. The number of hydrogen-bond donors (Lipinski definition) is 2. The van der Waals surface area contributed by atoms with Gasteiger partial charge in [-0.05, 0) is 49.7 Å². The summed E-state index contributed by atoms with van der Waals surface area (Å²) in [5, 5.41) is 5.96. The predicted molar refractivity (Wildman–Crippen MR) is 132 cm³/mol. The Morgan fingerprint density at radius 3 is 2.62 bits per heavy atom. The molecule has 0 radical (unpaired) electrons. The van der Waals surface area contributed by atoms with Gasteiger partial charge in [-0.15, -0.1) is 11.3 Å². The lowest BCUT2D eigenvalue weighted by Crippen LogP contribution is -2.28. The van der Waals surface area contributed by atoms with Crippen molar-refractivity contribution in [2.75, 3.05) is 11.1 Å². The van der Waals surface area contributed by atoms with Crippen LogP contribution in [0.1, 0.15) is 34.5 Å². The quantitative estimate of drug-likeness (QED) is 0.340. The molecule has 7 heteroatoms. The van der Waals surface area contributed by atoms with Gasteiger partial charge in [0.2, 0.25) is 5.91 Å². The lowest BCUT2D eigenvalue weighted by atomic mass is 10.1. The van der Waals surface area contributed by atoms with E-state index in [9.17, 15) is 9.59 Å². The molecule has 0 bridgehead atoms. The Morgan fingerprint density at radius 2 is 1.84 bits per heavy atom. The molecule has 2 N–H and O–H groups in total. The van der Waals surface area contributed by atoms with Gasteiger partial charge < -0.3 is 10.6 Å². The molecule has 1 unspecified atom stereocenters. The van der Waals surface area contributed by atoms with Gasteiger partial charge >= 0.3 is 0 Å². The first-order valence-corrected chi connectivity index (χ1v) is 12.0. The van der Waals surface area contributed by atoms with Crippen molar-refractivity contribution < 1.29 is 9.59 Å². The number of aromatic nitrogens is 1. The van der Waals surface area contributed by atoms with Crippen molar-refractivity contribution in [3.8, 4) is 0 Å². The van der Waals surface area contributed by atoms with Gasteiger partial charge in [0.25, 0.3) is 5.91 Å². The number of amides is 2. The zero-order valence-corrected chi connectivity index (χ0v) is 19.4. The maximum atomic E-state index is 12.5. The average molecular weight is 462 g/mol. The maximum Gasteiger partial charge on any atom is 0.255 e. The van der Waals surface area contributed by atoms with Crippen LogP contribution in [0.15, 0.2) is 77.1 Å². The number of thioether (sulfide) groups is 1. The van der Waals surface area contributed by atoms with Crippen molar-refractivity contribution in [3.63, 3.8) is 0 Å². The molecule has 1 atom stereocenters. The van der Waals surface area contributed by atoms with E-state index in [4.69, 9.17) is 0 Å². The normalized spacial score (nSPS) is 11.8. The number of carbonyl (C=O) groups excluding carboxylic acids is 2. The fraction of sp³-hybridized carbons (Fsp3) is 0.160. The lowest BCUT2D eigenvalue weighted by Gasteiger charge is -2.13. The standard InChI is InChI=1S/C25H23N3O2S2/c1-16-7-6-10-19(13-16)24(30)27-20-11-12-21-22(14-20)32-25(28-21)31-15-23(29)26-17(2)18-8-4-3-5-9-18/h3-14,17H,15H2,1-2H3,(H,26,29)(H,27,30). The zero-order valence-electron chi connectivity index (χ0n) is 17.8. The molecule has 4 rings (SSSR count). The summed E-state index contributed by atoms with van der Waals surface area (Å²) in [6, 6.07) is 23.0. The minimum atomic E-state index is -0.142. The molecular formula is C25H23N3O2S2. The first-order chi connectivity index (χ1) is 15.5. The monoisotopic (exact) mass is 461 g/mol. The van der Waals surface area contributed by atoms with Crippen LogP contribution in [0.25, 0.3) is 10.2 Å². The molecule has 0 aliphatic rings. The number of benzene rings is 3. The molecular weight excluding hydrogens is 438 g/mol. The second-order valence-corrected chi connectivity index (χ2v) is 9.73. The van der Waals surface area contributed by atoms with Crippen LogP contribution in [0.5, 0.6) is 0 Å². The summed E-state index contributed by atoms with van der Waals surface area (Å²) in [5.41, 5.74) is 4.31. The predicted octanol–water partition coefficient (Wildman–Crippen LogP) is 5.83. The van der Waals surface area contributed by atoms with Crippen LogP contribution in [0.3, 0.4) is 0 Å². The minimum absolute atomic E-state index is 0.0308. The molecule has 0 spiro atoms. The van der Waals surface area contributed by atoms with E-state index in [1.54, 1.807) is 6.07 Å². The minimum Gasteiger partial charge on any atom is -0.349 e. The summed E-state index contributed by atoms with van der Waals surface area (Å²) in [6.45, 7) is 3.93. The van der Waals surface area contributed by atoms with Gasteiger partial charge in [0, 0.05) is 11.3 Å². The number of rotatable bonds is 7. The molecule has 1 aromatic heterocycles. The second kappa shape index (κ2) is 9.97. The van der Waals surface area contributed by atoms with Gasteiger partial charge in [-0.2, -0.15) is 0 Å². The molecule has 1 heterocycles. The molecule has 0 aliphatic heterocycles. The third kappa shape index (κ3) is 5.55. The van der Waals surface area contributed by atoms with E-state index in [2.05, 4.69) is 15.6 Å². The molecule has 0 saturated carbocycles. The van der Waals surface area contributed by atoms with E-state index < -0.39 is 0 Å². The SMILES string of the molecule is Cc1cccc(C(=O)Nc2ccc3nc(SCC(=O)NC(C)c4ccccc4)sc3c2)c1. The van der Waals surface area contributed by atoms with Crippen molar-refractivity contribution in [2.24, 2.45) is 0 Å². The molecule has 3 aromatic carbocycles. The molecule has 5 nitrogen and oxygen atoms in total. The van der Waals surface area contributed by atoms with Crippen LogP contribution in [0.4, 0.5) is 5.69 Å². The molecule has 0 saturated heterocycles. The van der Waals surface area contributed by atoms with Gasteiger partial charge in [0.15, 0.2) is 4.34 Å². The van der Waals surface area contributed by atoms with Gasteiger partial charge in [0.1, 0.15) is 0 Å². The van der Waals surface area contributed by atoms with Crippen LogP contribution in [-0.4, -0.2) is 22.6 Å². The van der Waals surface area contributed by atoms with Crippen molar-refractivity contribution in [2.45, 2.75) is 24.2 Å². The highest BCUT2D eigenvalue weighted by atomic mass is 32.2. The fourth-order valence-electron chi connectivity index (χ4n) is 3.27. The number of hydrogen-bond acceptors (Lipinski definition) is 5. The molecule has 2 amide bonds. The maximum absolute atomic E-state index is 12.5. The second-order valence-electron chi connectivity index (χ2n) is 7.47. The van der Waals surface area contributed by atoms with Crippen molar-refractivity contribution in [1.82, 2.24) is 10.3 Å². The van der Waals surface area contributed by atoms with Crippen LogP contribution in [0, 0.1) is 6.92 Å². The van der Waals surface area contributed by atoms with Crippen molar-refractivity contribution >= 4 is 50.8 Å². The number of anilines is 1. The Hall–Kier alpha value is -3.16. The lowest BCUT2D eigenvalue weighted by molar-refractivity contribution is -0.119.